The first-order valence-corrected chi connectivity index (χ1v) is 11.1. The SMILES string of the molecule is CCOCCn1c(SCC(=O)Nc2ncc(Cl)cc2Cl)nnc1-c1ccc(Cl)cc1. The Labute approximate surface area is 193 Å². The molecular weight excluding hydrogens is 469 g/mol. The lowest BCUT2D eigenvalue weighted by Crippen LogP contribution is -2.16. The third-order valence-corrected chi connectivity index (χ3v) is 5.59. The second-order valence-electron chi connectivity index (χ2n) is 5.98. The van der Waals surface area contributed by atoms with Crippen LogP contribution in [0, 0.1) is 0 Å². The highest BCUT2D eigenvalue weighted by Crippen LogP contribution is 2.26. The van der Waals surface area contributed by atoms with Crippen LogP contribution in [0.25, 0.3) is 11.4 Å². The summed E-state index contributed by atoms with van der Waals surface area (Å²) in [5.74, 6) is 0.765. The summed E-state index contributed by atoms with van der Waals surface area (Å²) in [6, 6.07) is 8.85. The molecule has 0 unspecified atom stereocenters. The normalized spacial score (nSPS) is 10.9. The van der Waals surface area contributed by atoms with Gasteiger partial charge in [0.25, 0.3) is 0 Å². The minimum Gasteiger partial charge on any atom is -0.380 e. The van der Waals surface area contributed by atoms with E-state index in [0.717, 1.165) is 5.56 Å². The lowest BCUT2D eigenvalue weighted by Gasteiger charge is -2.10. The van der Waals surface area contributed by atoms with Gasteiger partial charge in [-0.15, -0.1) is 10.2 Å². The smallest absolute Gasteiger partial charge is 0.236 e. The number of hydrogen-bond donors (Lipinski definition) is 1. The number of hydrogen-bond acceptors (Lipinski definition) is 6. The van der Waals surface area contributed by atoms with Crippen molar-refractivity contribution in [3.63, 3.8) is 0 Å². The average Bonchev–Trinajstić information content (AvgIpc) is 3.12. The number of anilines is 1. The molecule has 3 rings (SSSR count). The fourth-order valence-corrected chi connectivity index (χ4v) is 3.83. The van der Waals surface area contributed by atoms with Crippen molar-refractivity contribution in [2.45, 2.75) is 18.6 Å². The Kier molecular flexibility index (Phi) is 8.35. The Morgan fingerprint density at radius 2 is 1.93 bits per heavy atom. The van der Waals surface area contributed by atoms with Crippen LogP contribution in [0.15, 0.2) is 41.7 Å². The molecule has 0 fully saturated rings. The molecule has 1 amide bonds. The Morgan fingerprint density at radius 1 is 1.17 bits per heavy atom. The van der Waals surface area contributed by atoms with E-state index in [1.165, 1.54) is 24.0 Å². The number of ether oxygens (including phenoxy) is 1. The third-order valence-electron chi connectivity index (χ3n) is 3.88. The number of carbonyl (C=O) groups is 1. The number of benzene rings is 1. The monoisotopic (exact) mass is 485 g/mol. The number of amides is 1. The zero-order valence-corrected chi connectivity index (χ0v) is 19.0. The summed E-state index contributed by atoms with van der Waals surface area (Å²) >= 11 is 19.1. The molecule has 0 saturated heterocycles. The summed E-state index contributed by atoms with van der Waals surface area (Å²) in [6.07, 6.45) is 1.42. The van der Waals surface area contributed by atoms with Gasteiger partial charge >= 0.3 is 0 Å². The maximum atomic E-state index is 12.3. The number of pyridine rings is 1. The highest BCUT2D eigenvalue weighted by atomic mass is 35.5. The lowest BCUT2D eigenvalue weighted by molar-refractivity contribution is -0.113. The van der Waals surface area contributed by atoms with Gasteiger partial charge in [0.15, 0.2) is 16.8 Å². The van der Waals surface area contributed by atoms with E-state index in [-0.39, 0.29) is 22.5 Å². The average molecular weight is 487 g/mol. The lowest BCUT2D eigenvalue weighted by atomic mass is 10.2. The molecular formula is C19H18Cl3N5O2S. The predicted molar refractivity (Wildman–Crippen MR) is 121 cm³/mol. The topological polar surface area (TPSA) is 81.9 Å². The summed E-state index contributed by atoms with van der Waals surface area (Å²) in [7, 11) is 0. The van der Waals surface area contributed by atoms with E-state index in [1.807, 2.05) is 23.6 Å². The van der Waals surface area contributed by atoms with Gasteiger partial charge in [-0.05, 0) is 37.3 Å². The third kappa shape index (κ3) is 6.09. The van der Waals surface area contributed by atoms with Gasteiger partial charge in [0, 0.05) is 23.4 Å². The van der Waals surface area contributed by atoms with E-state index in [2.05, 4.69) is 20.5 Å². The molecule has 7 nitrogen and oxygen atoms in total. The fourth-order valence-electron chi connectivity index (χ4n) is 2.51. The van der Waals surface area contributed by atoms with Crippen LogP contribution in [0.4, 0.5) is 5.82 Å². The van der Waals surface area contributed by atoms with Gasteiger partial charge in [0.2, 0.25) is 5.91 Å². The number of halogens is 3. The molecule has 1 aromatic carbocycles. The van der Waals surface area contributed by atoms with Crippen molar-refractivity contribution in [2.75, 3.05) is 24.3 Å². The molecule has 0 saturated carbocycles. The molecule has 0 spiro atoms. The first-order chi connectivity index (χ1) is 14.5. The number of thioether (sulfide) groups is 1. The Bertz CT molecular complexity index is 1010. The highest BCUT2D eigenvalue weighted by molar-refractivity contribution is 7.99. The van der Waals surface area contributed by atoms with Crippen LogP contribution in [0.2, 0.25) is 15.1 Å². The number of rotatable bonds is 9. The van der Waals surface area contributed by atoms with Crippen LogP contribution in [0.1, 0.15) is 6.92 Å². The van der Waals surface area contributed by atoms with Gasteiger partial charge in [-0.1, -0.05) is 46.6 Å². The van der Waals surface area contributed by atoms with Crippen LogP contribution >= 0.6 is 46.6 Å². The van der Waals surface area contributed by atoms with E-state index in [0.29, 0.717) is 40.8 Å². The van der Waals surface area contributed by atoms with Crippen molar-refractivity contribution in [3.05, 3.63) is 51.6 Å². The van der Waals surface area contributed by atoms with Gasteiger partial charge in [-0.25, -0.2) is 4.98 Å². The molecule has 0 bridgehead atoms. The fraction of sp³-hybridized carbons (Fsp3) is 0.263. The molecule has 0 aliphatic heterocycles. The summed E-state index contributed by atoms with van der Waals surface area (Å²) in [4.78, 5) is 16.4. The second kappa shape index (κ2) is 11.0. The van der Waals surface area contributed by atoms with E-state index in [1.54, 1.807) is 12.1 Å². The molecule has 2 aromatic heterocycles. The van der Waals surface area contributed by atoms with Crippen LogP contribution in [-0.4, -0.2) is 44.6 Å². The predicted octanol–water partition coefficient (Wildman–Crippen LogP) is 5.07. The minimum atomic E-state index is -0.274. The Hall–Kier alpha value is -1.84. The largest absolute Gasteiger partial charge is 0.380 e. The van der Waals surface area contributed by atoms with Crippen LogP contribution in [0.5, 0.6) is 0 Å². The van der Waals surface area contributed by atoms with E-state index in [9.17, 15) is 4.79 Å². The molecule has 0 radical (unpaired) electrons. The molecule has 158 valence electrons. The maximum Gasteiger partial charge on any atom is 0.236 e. The first-order valence-electron chi connectivity index (χ1n) is 8.98. The van der Waals surface area contributed by atoms with Crippen molar-refractivity contribution in [1.82, 2.24) is 19.7 Å². The molecule has 0 aliphatic rings. The molecule has 0 atom stereocenters. The zero-order valence-electron chi connectivity index (χ0n) is 15.9. The summed E-state index contributed by atoms with van der Waals surface area (Å²) in [6.45, 7) is 3.59. The number of nitrogens with one attached hydrogen (secondary N) is 1. The van der Waals surface area contributed by atoms with E-state index in [4.69, 9.17) is 39.5 Å². The molecule has 3 aromatic rings. The van der Waals surface area contributed by atoms with Crippen molar-refractivity contribution in [3.8, 4) is 11.4 Å². The van der Waals surface area contributed by atoms with Gasteiger partial charge in [0.05, 0.1) is 28.9 Å². The highest BCUT2D eigenvalue weighted by Gasteiger charge is 2.16. The number of aromatic nitrogens is 4. The summed E-state index contributed by atoms with van der Waals surface area (Å²) in [5.41, 5.74) is 0.872. The van der Waals surface area contributed by atoms with E-state index < -0.39 is 0 Å². The number of carbonyl (C=O) groups excluding carboxylic acids is 1. The van der Waals surface area contributed by atoms with Gasteiger partial charge in [0.1, 0.15) is 0 Å². The molecule has 2 heterocycles. The molecule has 11 heteroatoms. The van der Waals surface area contributed by atoms with Crippen LogP contribution in [0.3, 0.4) is 0 Å². The van der Waals surface area contributed by atoms with Gasteiger partial charge in [-0.2, -0.15) is 0 Å². The molecule has 1 N–H and O–H groups in total. The second-order valence-corrected chi connectivity index (χ2v) is 8.21. The van der Waals surface area contributed by atoms with Crippen molar-refractivity contribution < 1.29 is 9.53 Å². The first kappa shape index (κ1) is 22.8. The van der Waals surface area contributed by atoms with Gasteiger partial charge < -0.3 is 10.1 Å². The summed E-state index contributed by atoms with van der Waals surface area (Å²) < 4.78 is 7.40. The van der Waals surface area contributed by atoms with Crippen molar-refractivity contribution in [2.24, 2.45) is 0 Å². The quantitative estimate of drug-likeness (QED) is 0.336. The maximum absolute atomic E-state index is 12.3. The van der Waals surface area contributed by atoms with Crippen LogP contribution < -0.4 is 5.32 Å². The molecule has 0 aliphatic carbocycles. The van der Waals surface area contributed by atoms with Crippen LogP contribution in [-0.2, 0) is 16.1 Å². The number of nitrogens with zero attached hydrogens (tertiary/aromatic N) is 4. The standard InChI is InChI=1S/C19H18Cl3N5O2S/c1-2-29-8-7-27-18(12-3-5-13(20)6-4-12)25-26-19(27)30-11-16(28)24-17-15(22)9-14(21)10-23-17/h3-6,9-10H,2,7-8,11H2,1H3,(H,23,24,28). The van der Waals surface area contributed by atoms with Crippen molar-refractivity contribution in [1.29, 1.82) is 0 Å². The Morgan fingerprint density at radius 3 is 2.63 bits per heavy atom. The zero-order chi connectivity index (χ0) is 21.5. The Balaban J connectivity index is 1.72. The summed E-state index contributed by atoms with van der Waals surface area (Å²) in [5, 5.41) is 13.1. The molecule has 30 heavy (non-hydrogen) atoms. The van der Waals surface area contributed by atoms with E-state index >= 15 is 0 Å². The van der Waals surface area contributed by atoms with Crippen molar-refractivity contribution >= 4 is 58.3 Å². The minimum absolute atomic E-state index is 0.105. The van der Waals surface area contributed by atoms with Gasteiger partial charge in [-0.3, -0.25) is 9.36 Å².